The van der Waals surface area contributed by atoms with Gasteiger partial charge >= 0.3 is 0 Å². The first-order chi connectivity index (χ1) is 8.81. The second-order valence-corrected chi connectivity index (χ2v) is 5.20. The molecule has 0 aliphatic heterocycles. The Morgan fingerprint density at radius 3 is 2.39 bits per heavy atom. The number of rotatable bonds is 4. The lowest BCUT2D eigenvalue weighted by Gasteiger charge is -2.09. The van der Waals surface area contributed by atoms with E-state index in [9.17, 15) is 0 Å². The van der Waals surface area contributed by atoms with Crippen molar-refractivity contribution in [1.82, 2.24) is 0 Å². The zero-order chi connectivity index (χ0) is 12.8. The zero-order valence-corrected chi connectivity index (χ0v) is 12.3. The van der Waals surface area contributed by atoms with Gasteiger partial charge in [0.05, 0.1) is 0 Å². The van der Waals surface area contributed by atoms with Crippen LogP contribution in [0.2, 0.25) is 5.02 Å². The van der Waals surface area contributed by atoms with Gasteiger partial charge in [0.25, 0.3) is 0 Å². The molecule has 0 fully saturated rings. The highest BCUT2D eigenvalue weighted by atomic mass is 79.9. The highest BCUT2D eigenvalue weighted by molar-refractivity contribution is 9.09. The minimum atomic E-state index is 0.771. The minimum absolute atomic E-state index is 0.771. The summed E-state index contributed by atoms with van der Waals surface area (Å²) in [6, 6.07) is 18.4. The van der Waals surface area contributed by atoms with Crippen molar-refractivity contribution < 1.29 is 0 Å². The quantitative estimate of drug-likeness (QED) is 0.647. The van der Waals surface area contributed by atoms with Gasteiger partial charge in [-0.2, -0.15) is 0 Å². The summed E-state index contributed by atoms with van der Waals surface area (Å²) in [5.74, 6) is 0. The summed E-state index contributed by atoms with van der Waals surface area (Å²) < 4.78 is 0. The first-order valence-corrected chi connectivity index (χ1v) is 7.38. The predicted molar refractivity (Wildman–Crippen MR) is 83.4 cm³/mol. The molecule has 0 aromatic heterocycles. The summed E-state index contributed by atoms with van der Waals surface area (Å²) >= 11 is 9.54. The van der Waals surface area contributed by atoms with Crippen molar-refractivity contribution in [3.63, 3.8) is 0 Å². The molecule has 0 N–H and O–H groups in total. The maximum atomic E-state index is 6.07. The maximum absolute atomic E-state index is 6.07. The smallest absolute Gasteiger partial charge is 0.0412 e. The van der Waals surface area contributed by atoms with E-state index in [1.165, 1.54) is 11.1 Å². The second-order valence-electron chi connectivity index (χ2n) is 3.97. The van der Waals surface area contributed by atoms with Gasteiger partial charge in [-0.3, -0.25) is 0 Å². The summed E-state index contributed by atoms with van der Waals surface area (Å²) in [5.41, 5.74) is 3.62. The Morgan fingerprint density at radius 1 is 1.00 bits per heavy atom. The van der Waals surface area contributed by atoms with Crippen molar-refractivity contribution in [2.45, 2.75) is 6.42 Å². The molecule has 0 nitrogen and oxygen atoms in total. The van der Waals surface area contributed by atoms with Crippen LogP contribution in [0.1, 0.15) is 17.5 Å². The standard InChI is InChI=1S/C16H14BrCl/c17-11-5-10-16(13-6-2-1-3-7-13)14-8-4-9-15(18)12-14/h1-4,6-10,12H,5,11H2. The molecule has 0 aliphatic carbocycles. The molecule has 2 aromatic rings. The monoisotopic (exact) mass is 320 g/mol. The fourth-order valence-electron chi connectivity index (χ4n) is 1.87. The van der Waals surface area contributed by atoms with Gasteiger partial charge in [0, 0.05) is 10.4 Å². The van der Waals surface area contributed by atoms with Crippen molar-refractivity contribution >= 4 is 33.1 Å². The molecule has 0 unspecified atom stereocenters. The van der Waals surface area contributed by atoms with E-state index in [-0.39, 0.29) is 0 Å². The Hall–Kier alpha value is -1.05. The van der Waals surface area contributed by atoms with E-state index < -0.39 is 0 Å². The van der Waals surface area contributed by atoms with Crippen LogP contribution >= 0.6 is 27.5 Å². The average molecular weight is 322 g/mol. The summed E-state index contributed by atoms with van der Waals surface area (Å²) in [7, 11) is 0. The molecule has 0 spiro atoms. The van der Waals surface area contributed by atoms with Gasteiger partial charge in [-0.1, -0.05) is 76.1 Å². The van der Waals surface area contributed by atoms with Crippen LogP contribution in [0, 0.1) is 0 Å². The van der Waals surface area contributed by atoms with Crippen LogP contribution in [-0.2, 0) is 0 Å². The van der Waals surface area contributed by atoms with Gasteiger partial charge in [-0.05, 0) is 35.3 Å². The summed E-state index contributed by atoms with van der Waals surface area (Å²) in [6.07, 6.45) is 3.24. The lowest BCUT2D eigenvalue weighted by molar-refractivity contribution is 1.26. The number of alkyl halides is 1. The summed E-state index contributed by atoms with van der Waals surface area (Å²) in [5, 5.41) is 1.73. The Bertz CT molecular complexity index is 532. The molecule has 0 bridgehead atoms. The molecule has 18 heavy (non-hydrogen) atoms. The van der Waals surface area contributed by atoms with Gasteiger partial charge < -0.3 is 0 Å². The van der Waals surface area contributed by atoms with Crippen LogP contribution in [0.15, 0.2) is 60.7 Å². The maximum Gasteiger partial charge on any atom is 0.0412 e. The number of benzene rings is 2. The molecule has 0 heterocycles. The van der Waals surface area contributed by atoms with E-state index in [2.05, 4.69) is 52.3 Å². The van der Waals surface area contributed by atoms with Gasteiger partial charge in [0.2, 0.25) is 0 Å². The van der Waals surface area contributed by atoms with Crippen LogP contribution < -0.4 is 0 Å². The molecular formula is C16H14BrCl. The third-order valence-corrected chi connectivity index (χ3v) is 3.37. The lowest BCUT2D eigenvalue weighted by atomic mass is 9.97. The SMILES string of the molecule is Clc1cccc(C(=CCCBr)c2ccccc2)c1. The van der Waals surface area contributed by atoms with Crippen LogP contribution in [-0.4, -0.2) is 5.33 Å². The molecule has 0 amide bonds. The van der Waals surface area contributed by atoms with Gasteiger partial charge in [-0.25, -0.2) is 0 Å². The Balaban J connectivity index is 2.44. The van der Waals surface area contributed by atoms with Gasteiger partial charge in [0.15, 0.2) is 0 Å². The van der Waals surface area contributed by atoms with Crippen LogP contribution in [0.25, 0.3) is 5.57 Å². The Labute approximate surface area is 121 Å². The normalized spacial score (nSPS) is 11.6. The summed E-state index contributed by atoms with van der Waals surface area (Å²) in [4.78, 5) is 0. The molecule has 2 heteroatoms. The second kappa shape index (κ2) is 6.77. The van der Waals surface area contributed by atoms with Crippen LogP contribution in [0.4, 0.5) is 0 Å². The van der Waals surface area contributed by atoms with E-state index >= 15 is 0 Å². The van der Waals surface area contributed by atoms with Crippen molar-refractivity contribution in [2.75, 3.05) is 5.33 Å². The predicted octanol–water partition coefficient (Wildman–Crippen LogP) is 5.56. The number of hydrogen-bond donors (Lipinski definition) is 0. The largest absolute Gasteiger partial charge is 0.0925 e. The molecule has 2 aromatic carbocycles. The summed E-state index contributed by atoms with van der Waals surface area (Å²) in [6.45, 7) is 0. The average Bonchev–Trinajstić information content (AvgIpc) is 2.40. The minimum Gasteiger partial charge on any atom is -0.0925 e. The van der Waals surface area contributed by atoms with E-state index in [0.29, 0.717) is 0 Å². The van der Waals surface area contributed by atoms with E-state index in [4.69, 9.17) is 11.6 Å². The first-order valence-electron chi connectivity index (χ1n) is 5.89. The molecule has 2 rings (SSSR count). The molecule has 0 atom stereocenters. The van der Waals surface area contributed by atoms with Crippen molar-refractivity contribution in [3.8, 4) is 0 Å². The molecule has 0 saturated heterocycles. The molecule has 0 radical (unpaired) electrons. The number of halogens is 2. The van der Waals surface area contributed by atoms with Gasteiger partial charge in [0.1, 0.15) is 0 Å². The van der Waals surface area contributed by atoms with Crippen molar-refractivity contribution in [1.29, 1.82) is 0 Å². The van der Waals surface area contributed by atoms with Crippen LogP contribution in [0.5, 0.6) is 0 Å². The Morgan fingerprint density at radius 2 is 1.72 bits per heavy atom. The van der Waals surface area contributed by atoms with Crippen molar-refractivity contribution in [3.05, 3.63) is 76.8 Å². The third-order valence-electron chi connectivity index (χ3n) is 2.68. The highest BCUT2D eigenvalue weighted by Gasteiger charge is 2.04. The lowest BCUT2D eigenvalue weighted by Crippen LogP contribution is -1.88. The van der Waals surface area contributed by atoms with Crippen molar-refractivity contribution in [2.24, 2.45) is 0 Å². The molecular weight excluding hydrogens is 308 g/mol. The van der Waals surface area contributed by atoms with E-state index in [1.54, 1.807) is 0 Å². The van der Waals surface area contributed by atoms with E-state index in [0.717, 1.165) is 22.3 Å². The first kappa shape index (κ1) is 13.4. The highest BCUT2D eigenvalue weighted by Crippen LogP contribution is 2.26. The molecule has 0 aliphatic rings. The van der Waals surface area contributed by atoms with E-state index in [1.807, 2.05) is 24.3 Å². The fraction of sp³-hybridized carbons (Fsp3) is 0.125. The number of hydrogen-bond acceptors (Lipinski definition) is 0. The third kappa shape index (κ3) is 3.47. The Kier molecular flexibility index (Phi) is 5.03. The van der Waals surface area contributed by atoms with Gasteiger partial charge in [-0.15, -0.1) is 0 Å². The molecule has 0 saturated carbocycles. The molecule has 92 valence electrons. The zero-order valence-electron chi connectivity index (χ0n) is 9.94. The van der Waals surface area contributed by atoms with Crippen LogP contribution in [0.3, 0.4) is 0 Å². The topological polar surface area (TPSA) is 0 Å². The fourth-order valence-corrected chi connectivity index (χ4v) is 2.29. The number of allylic oxidation sites excluding steroid dienone is 1.